The second-order valence-electron chi connectivity index (χ2n) is 7.08. The van der Waals surface area contributed by atoms with Crippen LogP contribution in [0.15, 0.2) is 24.3 Å². The van der Waals surface area contributed by atoms with Crippen molar-refractivity contribution in [3.8, 4) is 0 Å². The minimum absolute atomic E-state index is 0.0211. The van der Waals surface area contributed by atoms with Crippen LogP contribution in [-0.2, 0) is 22.4 Å². The lowest BCUT2D eigenvalue weighted by Gasteiger charge is -2.23. The first-order valence-corrected chi connectivity index (χ1v) is 9.28. The number of hydrogen-bond donors (Lipinski definition) is 2. The number of amides is 2. The molecule has 1 aromatic heterocycles. The summed E-state index contributed by atoms with van der Waals surface area (Å²) in [7, 11) is 0. The van der Waals surface area contributed by atoms with E-state index in [4.69, 9.17) is 11.6 Å². The van der Waals surface area contributed by atoms with Crippen molar-refractivity contribution in [1.82, 2.24) is 15.3 Å². The predicted octanol–water partition coefficient (Wildman–Crippen LogP) is 2.40. The number of halogens is 1. The van der Waals surface area contributed by atoms with E-state index in [2.05, 4.69) is 15.3 Å². The summed E-state index contributed by atoms with van der Waals surface area (Å²) in [4.78, 5) is 34.4. The summed E-state index contributed by atoms with van der Waals surface area (Å²) in [6.45, 7) is 2.43. The van der Waals surface area contributed by atoms with E-state index >= 15 is 0 Å². The molecule has 1 saturated heterocycles. The molecule has 2 N–H and O–H groups in total. The molecule has 136 valence electrons. The Bertz CT molecular complexity index is 846. The van der Waals surface area contributed by atoms with Crippen LogP contribution in [0.4, 0.5) is 5.69 Å². The number of aromatic nitrogens is 2. The Labute approximate surface area is 156 Å². The van der Waals surface area contributed by atoms with Crippen LogP contribution in [0.5, 0.6) is 0 Å². The summed E-state index contributed by atoms with van der Waals surface area (Å²) in [5.41, 5.74) is 2.96. The largest absolute Gasteiger partial charge is 0.351 e. The fourth-order valence-corrected chi connectivity index (χ4v) is 3.97. The van der Waals surface area contributed by atoms with Gasteiger partial charge in [-0.3, -0.25) is 9.59 Å². The fourth-order valence-electron chi connectivity index (χ4n) is 3.84. The molecule has 6 nitrogen and oxygen atoms in total. The molecule has 2 aliphatic rings. The molecule has 1 aliphatic heterocycles. The zero-order valence-corrected chi connectivity index (χ0v) is 15.3. The van der Waals surface area contributed by atoms with Crippen molar-refractivity contribution in [2.24, 2.45) is 5.92 Å². The van der Waals surface area contributed by atoms with Crippen LogP contribution in [0.25, 0.3) is 0 Å². The van der Waals surface area contributed by atoms with Gasteiger partial charge in [-0.05, 0) is 44.0 Å². The summed E-state index contributed by atoms with van der Waals surface area (Å²) in [5.74, 6) is 0.879. The van der Waals surface area contributed by atoms with Gasteiger partial charge in [0.2, 0.25) is 11.8 Å². The van der Waals surface area contributed by atoms with Gasteiger partial charge in [-0.1, -0.05) is 11.6 Å². The van der Waals surface area contributed by atoms with E-state index in [1.807, 2.05) is 19.1 Å². The SMILES string of the molecule is Cc1nc2c([nH]1)C[C@H](C(=O)N[C@@H]1CC(=O)N(c3ccc(Cl)cc3)C1)CC2. The third-order valence-electron chi connectivity index (χ3n) is 5.14. The quantitative estimate of drug-likeness (QED) is 0.868. The maximum atomic E-state index is 12.7. The second-order valence-corrected chi connectivity index (χ2v) is 7.51. The van der Waals surface area contributed by atoms with Crippen LogP contribution in [-0.4, -0.2) is 34.4 Å². The zero-order chi connectivity index (χ0) is 18.3. The molecule has 1 aliphatic carbocycles. The molecule has 4 rings (SSSR count). The van der Waals surface area contributed by atoms with Gasteiger partial charge in [0.25, 0.3) is 0 Å². The van der Waals surface area contributed by atoms with E-state index in [1.165, 1.54) is 0 Å². The first-order valence-electron chi connectivity index (χ1n) is 8.90. The number of nitrogens with one attached hydrogen (secondary N) is 2. The molecule has 2 atom stereocenters. The number of hydrogen-bond acceptors (Lipinski definition) is 3. The molecule has 2 amide bonds. The van der Waals surface area contributed by atoms with Crippen LogP contribution in [0.1, 0.15) is 30.1 Å². The van der Waals surface area contributed by atoms with Crippen LogP contribution >= 0.6 is 11.6 Å². The van der Waals surface area contributed by atoms with Gasteiger partial charge in [-0.2, -0.15) is 0 Å². The van der Waals surface area contributed by atoms with Gasteiger partial charge in [0, 0.05) is 41.7 Å². The van der Waals surface area contributed by atoms with Crippen LogP contribution < -0.4 is 10.2 Å². The molecule has 0 spiro atoms. The van der Waals surface area contributed by atoms with Gasteiger partial charge < -0.3 is 15.2 Å². The number of imidazole rings is 1. The number of H-pyrrole nitrogens is 1. The Morgan fingerprint density at radius 3 is 2.85 bits per heavy atom. The van der Waals surface area contributed by atoms with E-state index < -0.39 is 0 Å². The van der Waals surface area contributed by atoms with Crippen molar-refractivity contribution in [2.75, 3.05) is 11.4 Å². The first-order chi connectivity index (χ1) is 12.5. The molecule has 2 heterocycles. The van der Waals surface area contributed by atoms with Crippen LogP contribution in [0.2, 0.25) is 5.02 Å². The van der Waals surface area contributed by atoms with Crippen molar-refractivity contribution >= 4 is 29.1 Å². The molecule has 0 radical (unpaired) electrons. The highest BCUT2D eigenvalue weighted by atomic mass is 35.5. The van der Waals surface area contributed by atoms with Gasteiger partial charge in [0.1, 0.15) is 5.82 Å². The number of carbonyl (C=O) groups excluding carboxylic acids is 2. The summed E-state index contributed by atoms with van der Waals surface area (Å²) < 4.78 is 0. The van der Waals surface area contributed by atoms with Gasteiger partial charge in [0.05, 0.1) is 11.7 Å². The summed E-state index contributed by atoms with van der Waals surface area (Å²) >= 11 is 5.91. The molecule has 1 fully saturated rings. The zero-order valence-electron chi connectivity index (χ0n) is 14.6. The number of aryl methyl sites for hydroxylation is 2. The average molecular weight is 373 g/mol. The number of aromatic amines is 1. The van der Waals surface area contributed by atoms with Crippen molar-refractivity contribution in [2.45, 2.75) is 38.6 Å². The fraction of sp³-hybridized carbons (Fsp3) is 0.421. The van der Waals surface area contributed by atoms with Crippen molar-refractivity contribution in [3.05, 3.63) is 46.5 Å². The molecule has 0 unspecified atom stereocenters. The van der Waals surface area contributed by atoms with Gasteiger partial charge >= 0.3 is 0 Å². The molecular formula is C19H21ClN4O2. The standard InChI is InChI=1S/C19H21ClN4O2/c1-11-21-16-7-2-12(8-17(16)22-11)19(26)23-14-9-18(25)24(10-14)15-5-3-13(20)4-6-15/h3-6,12,14H,2,7-10H2,1H3,(H,21,22)(H,23,26)/t12-,14-/m1/s1. The van der Waals surface area contributed by atoms with Gasteiger partial charge in [-0.25, -0.2) is 4.98 Å². The molecular weight excluding hydrogens is 352 g/mol. The summed E-state index contributed by atoms with van der Waals surface area (Å²) in [6, 6.07) is 7.03. The Morgan fingerprint density at radius 2 is 2.08 bits per heavy atom. The molecule has 2 aromatic rings. The van der Waals surface area contributed by atoms with Crippen molar-refractivity contribution < 1.29 is 9.59 Å². The topological polar surface area (TPSA) is 78.1 Å². The summed E-state index contributed by atoms with van der Waals surface area (Å²) in [6.07, 6.45) is 2.63. The van der Waals surface area contributed by atoms with Crippen molar-refractivity contribution in [3.63, 3.8) is 0 Å². The van der Waals surface area contributed by atoms with Crippen molar-refractivity contribution in [1.29, 1.82) is 0 Å². The van der Waals surface area contributed by atoms with E-state index in [-0.39, 0.29) is 23.8 Å². The number of nitrogens with zero attached hydrogens (tertiary/aromatic N) is 2. The van der Waals surface area contributed by atoms with Gasteiger partial charge in [0.15, 0.2) is 0 Å². The monoisotopic (exact) mass is 372 g/mol. The number of carbonyl (C=O) groups is 2. The molecule has 26 heavy (non-hydrogen) atoms. The average Bonchev–Trinajstić information content (AvgIpc) is 3.16. The number of anilines is 1. The molecule has 1 aromatic carbocycles. The third kappa shape index (κ3) is 3.33. The first kappa shape index (κ1) is 17.1. The Hall–Kier alpha value is -2.34. The summed E-state index contributed by atoms with van der Waals surface area (Å²) in [5, 5.41) is 3.70. The van der Waals surface area contributed by atoms with E-state index in [0.29, 0.717) is 24.4 Å². The number of benzene rings is 1. The lowest BCUT2D eigenvalue weighted by atomic mass is 9.89. The van der Waals surface area contributed by atoms with Crippen LogP contribution in [0.3, 0.4) is 0 Å². The molecule has 7 heteroatoms. The lowest BCUT2D eigenvalue weighted by Crippen LogP contribution is -2.42. The Morgan fingerprint density at radius 1 is 1.31 bits per heavy atom. The van der Waals surface area contributed by atoms with E-state index in [9.17, 15) is 9.59 Å². The third-order valence-corrected chi connectivity index (χ3v) is 5.40. The highest BCUT2D eigenvalue weighted by Gasteiger charge is 2.34. The normalized spacial score (nSPS) is 22.4. The number of fused-ring (bicyclic) bond motifs is 1. The lowest BCUT2D eigenvalue weighted by molar-refractivity contribution is -0.126. The highest BCUT2D eigenvalue weighted by Crippen LogP contribution is 2.26. The van der Waals surface area contributed by atoms with Gasteiger partial charge in [-0.15, -0.1) is 0 Å². The Balaban J connectivity index is 1.38. The predicted molar refractivity (Wildman–Crippen MR) is 99.2 cm³/mol. The second kappa shape index (κ2) is 6.76. The molecule has 0 bridgehead atoms. The van der Waals surface area contributed by atoms with E-state index in [1.54, 1.807) is 17.0 Å². The minimum Gasteiger partial charge on any atom is -0.351 e. The minimum atomic E-state index is -0.157. The Kier molecular flexibility index (Phi) is 4.44. The van der Waals surface area contributed by atoms with Crippen LogP contribution in [0, 0.1) is 12.8 Å². The smallest absolute Gasteiger partial charge is 0.229 e. The van der Waals surface area contributed by atoms with E-state index in [0.717, 1.165) is 35.7 Å². The maximum Gasteiger partial charge on any atom is 0.229 e. The highest BCUT2D eigenvalue weighted by molar-refractivity contribution is 6.30. The maximum absolute atomic E-state index is 12.7. The number of rotatable bonds is 3. The molecule has 0 saturated carbocycles.